The van der Waals surface area contributed by atoms with Crippen LogP contribution in [0.15, 0.2) is 30.3 Å². The Morgan fingerprint density at radius 1 is 0.958 bits per heavy atom. The molecule has 128 valence electrons. The Morgan fingerprint density at radius 2 is 1.54 bits per heavy atom. The third kappa shape index (κ3) is 3.13. The summed E-state index contributed by atoms with van der Waals surface area (Å²) in [6.45, 7) is -0.0141. The molecule has 0 spiro atoms. The van der Waals surface area contributed by atoms with Crippen LogP contribution in [0.1, 0.15) is 50.5 Å². The second kappa shape index (κ2) is 6.34. The summed E-state index contributed by atoms with van der Waals surface area (Å²) in [5, 5.41) is 0. The van der Waals surface area contributed by atoms with Gasteiger partial charge in [-0.05, 0) is 68.3 Å². The quantitative estimate of drug-likeness (QED) is 0.744. The molecule has 1 aromatic rings. The van der Waals surface area contributed by atoms with Gasteiger partial charge in [0.2, 0.25) is 0 Å². The first-order valence-corrected chi connectivity index (χ1v) is 9.36. The molecule has 4 aliphatic carbocycles. The zero-order valence-corrected chi connectivity index (χ0v) is 14.2. The summed E-state index contributed by atoms with van der Waals surface area (Å²) < 4.78 is 5.33. The standard InChI is InChI=1S/C21H26O3/c22-19(14-24-20(23)7-6-15-4-2-1-3-5-15)21-11-16-8-17(12-21)10-18(9-16)13-21/h1-5,16-18H,6-14H2. The number of aryl methyl sites for hydroxylation is 1. The molecule has 0 N–H and O–H groups in total. The Bertz CT molecular complexity index is 584. The summed E-state index contributed by atoms with van der Waals surface area (Å²) in [6, 6.07) is 9.92. The number of hydrogen-bond donors (Lipinski definition) is 0. The molecule has 1 aromatic carbocycles. The highest BCUT2D eigenvalue weighted by atomic mass is 16.5. The minimum absolute atomic E-state index is 0.0141. The summed E-state index contributed by atoms with van der Waals surface area (Å²) in [5.74, 6) is 2.17. The molecule has 4 aliphatic rings. The lowest BCUT2D eigenvalue weighted by molar-refractivity contribution is -0.157. The number of hydrogen-bond acceptors (Lipinski definition) is 3. The molecule has 3 nitrogen and oxygen atoms in total. The fraction of sp³-hybridized carbons (Fsp3) is 0.619. The molecule has 0 unspecified atom stereocenters. The maximum absolute atomic E-state index is 12.8. The number of ether oxygens (including phenoxy) is 1. The maximum atomic E-state index is 12.8. The van der Waals surface area contributed by atoms with E-state index < -0.39 is 0 Å². The zero-order valence-electron chi connectivity index (χ0n) is 14.2. The van der Waals surface area contributed by atoms with Crippen molar-refractivity contribution in [3.8, 4) is 0 Å². The van der Waals surface area contributed by atoms with Crippen molar-refractivity contribution in [3.05, 3.63) is 35.9 Å². The third-order valence-electron chi connectivity index (χ3n) is 6.45. The Morgan fingerprint density at radius 3 is 2.12 bits per heavy atom. The van der Waals surface area contributed by atoms with Crippen LogP contribution in [0.5, 0.6) is 0 Å². The lowest BCUT2D eigenvalue weighted by Crippen LogP contribution is -2.51. The molecule has 4 bridgehead atoms. The number of rotatable bonds is 6. The van der Waals surface area contributed by atoms with Crippen molar-refractivity contribution in [2.75, 3.05) is 6.61 Å². The van der Waals surface area contributed by atoms with E-state index in [2.05, 4.69) is 0 Å². The van der Waals surface area contributed by atoms with Gasteiger partial charge in [0, 0.05) is 11.8 Å². The topological polar surface area (TPSA) is 43.4 Å². The van der Waals surface area contributed by atoms with Crippen LogP contribution in [0, 0.1) is 23.2 Å². The van der Waals surface area contributed by atoms with Gasteiger partial charge in [-0.25, -0.2) is 0 Å². The Balaban J connectivity index is 1.28. The van der Waals surface area contributed by atoms with Gasteiger partial charge in [-0.3, -0.25) is 9.59 Å². The molecule has 0 heterocycles. The van der Waals surface area contributed by atoms with Gasteiger partial charge in [0.1, 0.15) is 0 Å². The van der Waals surface area contributed by atoms with E-state index in [9.17, 15) is 9.59 Å². The first kappa shape index (κ1) is 15.9. The van der Waals surface area contributed by atoms with Crippen molar-refractivity contribution in [1.82, 2.24) is 0 Å². The molecule has 24 heavy (non-hydrogen) atoms. The van der Waals surface area contributed by atoms with E-state index in [0.717, 1.165) is 42.6 Å². The fourth-order valence-corrected chi connectivity index (χ4v) is 5.71. The highest BCUT2D eigenvalue weighted by molar-refractivity contribution is 5.88. The maximum Gasteiger partial charge on any atom is 0.306 e. The molecular formula is C21H26O3. The highest BCUT2D eigenvalue weighted by Gasteiger charge is 2.54. The number of carbonyl (C=O) groups excluding carboxylic acids is 2. The zero-order chi connectivity index (χ0) is 16.6. The van der Waals surface area contributed by atoms with Crippen molar-refractivity contribution < 1.29 is 14.3 Å². The molecule has 0 saturated heterocycles. The van der Waals surface area contributed by atoms with Crippen molar-refractivity contribution >= 4 is 11.8 Å². The van der Waals surface area contributed by atoms with E-state index in [1.807, 2.05) is 30.3 Å². The first-order chi connectivity index (χ1) is 11.6. The molecule has 4 saturated carbocycles. The minimum Gasteiger partial charge on any atom is -0.458 e. The Labute approximate surface area is 143 Å². The van der Waals surface area contributed by atoms with Crippen LogP contribution >= 0.6 is 0 Å². The van der Waals surface area contributed by atoms with Gasteiger partial charge in [0.05, 0.1) is 0 Å². The minimum atomic E-state index is -0.253. The van der Waals surface area contributed by atoms with Crippen molar-refractivity contribution in [2.24, 2.45) is 23.2 Å². The predicted molar refractivity (Wildman–Crippen MR) is 91.3 cm³/mol. The molecule has 4 fully saturated rings. The summed E-state index contributed by atoms with van der Waals surface area (Å²) in [4.78, 5) is 24.8. The SMILES string of the molecule is O=C(CCc1ccccc1)OCC(=O)C12CC3CC(CC(C3)C1)C2. The number of benzene rings is 1. The van der Waals surface area contributed by atoms with Crippen LogP contribution in [0.25, 0.3) is 0 Å². The largest absolute Gasteiger partial charge is 0.458 e. The average Bonchev–Trinajstić information content (AvgIpc) is 2.57. The van der Waals surface area contributed by atoms with Gasteiger partial charge in [-0.15, -0.1) is 0 Å². The monoisotopic (exact) mass is 326 g/mol. The van der Waals surface area contributed by atoms with E-state index in [0.29, 0.717) is 12.8 Å². The highest BCUT2D eigenvalue weighted by Crippen LogP contribution is 2.60. The fourth-order valence-electron chi connectivity index (χ4n) is 5.71. The first-order valence-electron chi connectivity index (χ1n) is 9.36. The smallest absolute Gasteiger partial charge is 0.306 e. The third-order valence-corrected chi connectivity index (χ3v) is 6.45. The predicted octanol–water partition coefficient (Wildman–Crippen LogP) is 3.95. The van der Waals surface area contributed by atoms with Gasteiger partial charge in [0.25, 0.3) is 0 Å². The van der Waals surface area contributed by atoms with Crippen molar-refractivity contribution in [2.45, 2.75) is 51.4 Å². The van der Waals surface area contributed by atoms with E-state index in [1.165, 1.54) is 19.3 Å². The summed E-state index contributed by atoms with van der Waals surface area (Å²) in [6.07, 6.45) is 8.11. The normalized spacial score (nSPS) is 33.4. The second-order valence-corrected chi connectivity index (χ2v) is 8.27. The Hall–Kier alpha value is -1.64. The van der Waals surface area contributed by atoms with Gasteiger partial charge in [-0.1, -0.05) is 30.3 Å². The Kier molecular flexibility index (Phi) is 4.19. The van der Waals surface area contributed by atoms with E-state index in [1.54, 1.807) is 0 Å². The van der Waals surface area contributed by atoms with Gasteiger partial charge < -0.3 is 4.74 Å². The molecule has 0 aromatic heterocycles. The van der Waals surface area contributed by atoms with Crippen molar-refractivity contribution in [1.29, 1.82) is 0 Å². The van der Waals surface area contributed by atoms with E-state index in [4.69, 9.17) is 4.74 Å². The number of Topliss-reactive ketones (excluding diaryl/α,β-unsaturated/α-hetero) is 1. The van der Waals surface area contributed by atoms with Crippen molar-refractivity contribution in [3.63, 3.8) is 0 Å². The van der Waals surface area contributed by atoms with E-state index in [-0.39, 0.29) is 23.8 Å². The molecule has 0 amide bonds. The van der Waals surface area contributed by atoms with Crippen LogP contribution in [0.3, 0.4) is 0 Å². The van der Waals surface area contributed by atoms with Crippen LogP contribution in [-0.4, -0.2) is 18.4 Å². The lowest BCUT2D eigenvalue weighted by atomic mass is 9.48. The van der Waals surface area contributed by atoms with Crippen LogP contribution in [0.4, 0.5) is 0 Å². The molecule has 0 aliphatic heterocycles. The molecule has 3 heteroatoms. The summed E-state index contributed by atoms with van der Waals surface area (Å²) in [5.41, 5.74) is 0.968. The molecular weight excluding hydrogens is 300 g/mol. The number of ketones is 1. The van der Waals surface area contributed by atoms with Gasteiger partial charge in [-0.2, -0.15) is 0 Å². The molecule has 5 rings (SSSR count). The second-order valence-electron chi connectivity index (χ2n) is 8.27. The van der Waals surface area contributed by atoms with E-state index >= 15 is 0 Å². The van der Waals surface area contributed by atoms with Crippen LogP contribution in [-0.2, 0) is 20.7 Å². The lowest BCUT2D eigenvalue weighted by Gasteiger charge is -2.55. The summed E-state index contributed by atoms with van der Waals surface area (Å²) in [7, 11) is 0. The summed E-state index contributed by atoms with van der Waals surface area (Å²) >= 11 is 0. The number of carbonyl (C=O) groups is 2. The molecule has 0 atom stereocenters. The van der Waals surface area contributed by atoms with Gasteiger partial charge >= 0.3 is 5.97 Å². The number of esters is 1. The molecule has 0 radical (unpaired) electrons. The van der Waals surface area contributed by atoms with Gasteiger partial charge in [0.15, 0.2) is 12.4 Å². The van der Waals surface area contributed by atoms with Crippen LogP contribution in [0.2, 0.25) is 0 Å². The average molecular weight is 326 g/mol. The van der Waals surface area contributed by atoms with Crippen LogP contribution < -0.4 is 0 Å².